The Labute approximate surface area is 249 Å². The third-order valence-corrected chi connectivity index (χ3v) is 10.8. The molecule has 4 aromatic heterocycles. The molecular formula is C40H22N2S. The highest BCUT2D eigenvalue weighted by Gasteiger charge is 2.20. The first-order valence-corrected chi connectivity index (χ1v) is 15.6. The molecule has 0 fully saturated rings. The van der Waals surface area contributed by atoms with Crippen molar-refractivity contribution < 1.29 is 0 Å². The van der Waals surface area contributed by atoms with Crippen LogP contribution < -0.4 is 0 Å². The second kappa shape index (κ2) is 7.71. The van der Waals surface area contributed by atoms with E-state index in [9.17, 15) is 0 Å². The molecule has 0 radical (unpaired) electrons. The first-order valence-electron chi connectivity index (χ1n) is 14.8. The standard InChI is InChI=1S/C40H22N2S/c1-5-14-34-25(8-1)28-11-7-12-29-39-30-22-36-31(20-23(30)16-18-35(39)42(34)40(28)29)26-9-2-4-13-33(26)41(36)24-17-19-38-32(21-24)27-10-3-6-15-37(27)43-38/h1-22H. The summed E-state index contributed by atoms with van der Waals surface area (Å²) >= 11 is 1.87. The monoisotopic (exact) mass is 562 g/mol. The van der Waals surface area contributed by atoms with Gasteiger partial charge in [0, 0.05) is 58.2 Å². The van der Waals surface area contributed by atoms with E-state index in [2.05, 4.69) is 142 Å². The molecule has 0 spiro atoms. The van der Waals surface area contributed by atoms with E-state index in [1.54, 1.807) is 0 Å². The van der Waals surface area contributed by atoms with Crippen LogP contribution in [-0.2, 0) is 0 Å². The van der Waals surface area contributed by atoms with Gasteiger partial charge in [0.05, 0.1) is 27.6 Å². The van der Waals surface area contributed by atoms with Crippen LogP contribution in [0.3, 0.4) is 0 Å². The Balaban J connectivity index is 1.31. The van der Waals surface area contributed by atoms with Gasteiger partial charge in [0.2, 0.25) is 0 Å². The normalized spacial score (nSPS) is 12.7. The van der Waals surface area contributed by atoms with Crippen LogP contribution >= 0.6 is 11.3 Å². The summed E-state index contributed by atoms with van der Waals surface area (Å²) in [7, 11) is 0. The fraction of sp³-hybridized carbons (Fsp3) is 0. The minimum Gasteiger partial charge on any atom is -0.309 e. The molecule has 7 aromatic carbocycles. The van der Waals surface area contributed by atoms with Gasteiger partial charge < -0.3 is 8.97 Å². The second-order valence-corrected chi connectivity index (χ2v) is 12.8. The molecule has 0 aliphatic rings. The lowest BCUT2D eigenvalue weighted by Crippen LogP contribution is -1.93. The number of fused-ring (bicyclic) bond motifs is 14. The van der Waals surface area contributed by atoms with Crippen molar-refractivity contribution in [3.8, 4) is 5.69 Å². The maximum Gasteiger partial charge on any atom is 0.0620 e. The Hall–Kier alpha value is -5.38. The lowest BCUT2D eigenvalue weighted by Gasteiger charge is -2.10. The molecule has 0 saturated heterocycles. The molecule has 2 nitrogen and oxygen atoms in total. The Bertz CT molecular complexity index is 2950. The summed E-state index contributed by atoms with van der Waals surface area (Å²) in [6.07, 6.45) is 0. The minimum absolute atomic E-state index is 1.20. The van der Waals surface area contributed by atoms with Crippen molar-refractivity contribution in [2.45, 2.75) is 0 Å². The second-order valence-electron chi connectivity index (χ2n) is 11.7. The Morgan fingerprint density at radius 1 is 0.395 bits per heavy atom. The van der Waals surface area contributed by atoms with Crippen molar-refractivity contribution in [2.24, 2.45) is 0 Å². The number of thiophene rings is 1. The van der Waals surface area contributed by atoms with Gasteiger partial charge in [-0.1, -0.05) is 78.9 Å². The van der Waals surface area contributed by atoms with Gasteiger partial charge in [-0.25, -0.2) is 0 Å². The summed E-state index contributed by atoms with van der Waals surface area (Å²) in [6, 6.07) is 49.7. The third-order valence-electron chi connectivity index (χ3n) is 9.61. The number of nitrogens with zero attached hydrogens (tertiary/aromatic N) is 2. The number of benzene rings is 7. The van der Waals surface area contributed by atoms with Gasteiger partial charge in [0.1, 0.15) is 0 Å². The molecule has 43 heavy (non-hydrogen) atoms. The van der Waals surface area contributed by atoms with E-state index in [0.29, 0.717) is 0 Å². The van der Waals surface area contributed by atoms with Crippen LogP contribution in [0.15, 0.2) is 133 Å². The van der Waals surface area contributed by atoms with Crippen LogP contribution in [0.4, 0.5) is 0 Å². The minimum atomic E-state index is 1.20. The summed E-state index contributed by atoms with van der Waals surface area (Å²) in [5.41, 5.74) is 7.55. The zero-order valence-corrected chi connectivity index (χ0v) is 23.8. The summed E-state index contributed by atoms with van der Waals surface area (Å²) in [5, 5.41) is 13.1. The van der Waals surface area contributed by atoms with Gasteiger partial charge in [-0.05, 0) is 65.4 Å². The van der Waals surface area contributed by atoms with Gasteiger partial charge in [-0.3, -0.25) is 0 Å². The molecule has 0 atom stereocenters. The summed E-state index contributed by atoms with van der Waals surface area (Å²) in [4.78, 5) is 0. The van der Waals surface area contributed by atoms with E-state index < -0.39 is 0 Å². The lowest BCUT2D eigenvalue weighted by atomic mass is 10.00. The van der Waals surface area contributed by atoms with Crippen molar-refractivity contribution in [3.63, 3.8) is 0 Å². The predicted octanol–water partition coefficient (Wildman–Crippen LogP) is 11.5. The fourth-order valence-corrected chi connectivity index (χ4v) is 8.93. The molecule has 0 saturated carbocycles. The number of hydrogen-bond donors (Lipinski definition) is 0. The molecule has 0 unspecified atom stereocenters. The molecule has 0 aliphatic carbocycles. The molecule has 4 heterocycles. The maximum atomic E-state index is 2.48. The molecule has 11 rings (SSSR count). The SMILES string of the molecule is c1ccc2c(c1)sc1ccc(-n3c4ccccc4c4cc5ccc6c(c5cc43)c3cccc4c5ccccc5n6c43)cc12. The molecule has 3 heteroatoms. The van der Waals surface area contributed by atoms with E-state index in [-0.39, 0.29) is 0 Å². The van der Waals surface area contributed by atoms with E-state index >= 15 is 0 Å². The molecule has 0 aliphatic heterocycles. The van der Waals surface area contributed by atoms with Crippen molar-refractivity contribution in [1.82, 2.24) is 8.97 Å². The van der Waals surface area contributed by atoms with Crippen molar-refractivity contribution in [3.05, 3.63) is 133 Å². The Kier molecular flexibility index (Phi) is 3.99. The molecule has 0 N–H and O–H groups in total. The highest BCUT2D eigenvalue weighted by Crippen LogP contribution is 2.44. The summed E-state index contributed by atoms with van der Waals surface area (Å²) < 4.78 is 7.62. The van der Waals surface area contributed by atoms with Gasteiger partial charge >= 0.3 is 0 Å². The predicted molar refractivity (Wildman–Crippen MR) is 186 cm³/mol. The Morgan fingerprint density at radius 3 is 2.02 bits per heavy atom. The lowest BCUT2D eigenvalue weighted by molar-refractivity contribution is 1.19. The van der Waals surface area contributed by atoms with E-state index in [1.807, 2.05) is 11.3 Å². The number of aromatic nitrogens is 2. The topological polar surface area (TPSA) is 9.34 Å². The van der Waals surface area contributed by atoms with E-state index in [1.165, 1.54) is 96.5 Å². The first-order chi connectivity index (χ1) is 21.3. The maximum absolute atomic E-state index is 2.48. The average molecular weight is 563 g/mol. The van der Waals surface area contributed by atoms with Crippen LogP contribution in [0.2, 0.25) is 0 Å². The van der Waals surface area contributed by atoms with Crippen LogP contribution in [0.25, 0.3) is 96.5 Å². The average Bonchev–Trinajstić information content (AvgIpc) is 3.79. The van der Waals surface area contributed by atoms with Crippen LogP contribution in [0, 0.1) is 0 Å². The molecule has 11 aromatic rings. The first kappa shape index (κ1) is 22.2. The van der Waals surface area contributed by atoms with Crippen LogP contribution in [0.1, 0.15) is 0 Å². The largest absolute Gasteiger partial charge is 0.309 e. The van der Waals surface area contributed by atoms with Crippen molar-refractivity contribution in [2.75, 3.05) is 0 Å². The smallest absolute Gasteiger partial charge is 0.0620 e. The van der Waals surface area contributed by atoms with Gasteiger partial charge in [0.15, 0.2) is 0 Å². The summed E-state index contributed by atoms with van der Waals surface area (Å²) in [6.45, 7) is 0. The Morgan fingerprint density at radius 2 is 1.12 bits per heavy atom. The fourth-order valence-electron chi connectivity index (χ4n) is 7.85. The summed E-state index contributed by atoms with van der Waals surface area (Å²) in [5.74, 6) is 0. The van der Waals surface area contributed by atoms with Crippen molar-refractivity contribution in [1.29, 1.82) is 0 Å². The molecular weight excluding hydrogens is 541 g/mol. The molecule has 0 bridgehead atoms. The van der Waals surface area contributed by atoms with Crippen molar-refractivity contribution >= 4 is 102 Å². The van der Waals surface area contributed by atoms with Crippen LogP contribution in [-0.4, -0.2) is 8.97 Å². The van der Waals surface area contributed by atoms with E-state index in [0.717, 1.165) is 0 Å². The molecule has 198 valence electrons. The van der Waals surface area contributed by atoms with E-state index in [4.69, 9.17) is 0 Å². The highest BCUT2D eigenvalue weighted by atomic mass is 32.1. The van der Waals surface area contributed by atoms with Gasteiger partial charge in [-0.2, -0.15) is 0 Å². The molecule has 0 amide bonds. The van der Waals surface area contributed by atoms with Gasteiger partial charge in [-0.15, -0.1) is 11.3 Å². The number of hydrogen-bond acceptors (Lipinski definition) is 1. The quantitative estimate of drug-likeness (QED) is 0.188. The number of para-hydroxylation sites is 3. The number of rotatable bonds is 1. The third kappa shape index (κ3) is 2.69. The van der Waals surface area contributed by atoms with Gasteiger partial charge in [0.25, 0.3) is 0 Å². The zero-order chi connectivity index (χ0) is 27.8. The zero-order valence-electron chi connectivity index (χ0n) is 23.0. The van der Waals surface area contributed by atoms with Crippen LogP contribution in [0.5, 0.6) is 0 Å². The highest BCUT2D eigenvalue weighted by molar-refractivity contribution is 7.25.